The van der Waals surface area contributed by atoms with Gasteiger partial charge in [0.2, 0.25) is 0 Å². The van der Waals surface area contributed by atoms with Gasteiger partial charge in [-0.25, -0.2) is 0 Å². The highest BCUT2D eigenvalue weighted by atomic mass is 16.5. The van der Waals surface area contributed by atoms with E-state index in [1.54, 1.807) is 13.2 Å². The Balaban J connectivity index is 3.27. The Bertz CT molecular complexity index is 299. The molecule has 0 saturated carbocycles. The van der Waals surface area contributed by atoms with Crippen molar-refractivity contribution in [1.82, 2.24) is 0 Å². The van der Waals surface area contributed by atoms with E-state index < -0.39 is 0 Å². The molecule has 1 rings (SSSR count). The number of nitriles is 1. The quantitative estimate of drug-likeness (QED) is 0.607. The van der Waals surface area contributed by atoms with E-state index in [9.17, 15) is 0 Å². The second kappa shape index (κ2) is 3.07. The Morgan fingerprint density at radius 3 is 2.64 bits per heavy atom. The molecular weight excluding hydrogens is 138 g/mol. The first-order chi connectivity index (χ1) is 5.29. The van der Waals surface area contributed by atoms with Crippen LogP contribution in [0.15, 0.2) is 18.2 Å². The molecular formula is C9H9NO. The summed E-state index contributed by atoms with van der Waals surface area (Å²) in [5.41, 5.74) is 1.58. The van der Waals surface area contributed by atoms with Gasteiger partial charge in [-0.05, 0) is 18.6 Å². The molecule has 0 N–H and O–H groups in total. The van der Waals surface area contributed by atoms with Crippen LogP contribution < -0.4 is 4.74 Å². The van der Waals surface area contributed by atoms with Gasteiger partial charge in [-0.1, -0.05) is 12.1 Å². The summed E-state index contributed by atoms with van der Waals surface area (Å²) >= 11 is 0. The predicted octanol–water partition coefficient (Wildman–Crippen LogP) is 1.88. The molecule has 0 aliphatic rings. The van der Waals surface area contributed by atoms with Crippen LogP contribution in [0.5, 0.6) is 5.75 Å². The lowest BCUT2D eigenvalue weighted by molar-refractivity contribution is 0.410. The standard InChI is InChI=1S/C9H9NO/c1-7-4-3-5-8(6-10)9(7)11-2/h3-5H,1-2H3. The Kier molecular flexibility index (Phi) is 2.12. The molecule has 56 valence electrons. The van der Waals surface area contributed by atoms with Crippen molar-refractivity contribution in [2.45, 2.75) is 6.92 Å². The fraction of sp³-hybridized carbons (Fsp3) is 0.222. The topological polar surface area (TPSA) is 33.0 Å². The van der Waals surface area contributed by atoms with Crippen molar-refractivity contribution in [2.75, 3.05) is 7.11 Å². The monoisotopic (exact) mass is 147 g/mol. The van der Waals surface area contributed by atoms with Crippen LogP contribution in [0.1, 0.15) is 11.1 Å². The van der Waals surface area contributed by atoms with Crippen molar-refractivity contribution in [1.29, 1.82) is 5.26 Å². The number of hydrogen-bond acceptors (Lipinski definition) is 2. The summed E-state index contributed by atoms with van der Waals surface area (Å²) in [6.45, 7) is 1.92. The highest BCUT2D eigenvalue weighted by Crippen LogP contribution is 2.21. The zero-order valence-electron chi connectivity index (χ0n) is 6.59. The van der Waals surface area contributed by atoms with Crippen molar-refractivity contribution in [3.05, 3.63) is 29.3 Å². The summed E-state index contributed by atoms with van der Waals surface area (Å²) in [6, 6.07) is 7.56. The van der Waals surface area contributed by atoms with Crippen LogP contribution in [-0.2, 0) is 0 Å². The van der Waals surface area contributed by atoms with Gasteiger partial charge in [-0.3, -0.25) is 0 Å². The summed E-state index contributed by atoms with van der Waals surface area (Å²) in [5.74, 6) is 0.676. The number of rotatable bonds is 1. The average molecular weight is 147 g/mol. The van der Waals surface area contributed by atoms with Gasteiger partial charge < -0.3 is 4.74 Å². The van der Waals surface area contributed by atoms with Gasteiger partial charge in [-0.15, -0.1) is 0 Å². The number of benzene rings is 1. The second-order valence-electron chi connectivity index (χ2n) is 2.27. The molecule has 0 fully saturated rings. The molecule has 0 heterocycles. The molecule has 0 amide bonds. The third-order valence-electron chi connectivity index (χ3n) is 1.54. The Morgan fingerprint density at radius 1 is 1.45 bits per heavy atom. The SMILES string of the molecule is COc1c(C)cccc1C#N. The first-order valence-corrected chi connectivity index (χ1v) is 3.33. The van der Waals surface area contributed by atoms with E-state index >= 15 is 0 Å². The Morgan fingerprint density at radius 2 is 2.18 bits per heavy atom. The fourth-order valence-corrected chi connectivity index (χ4v) is 1.01. The third-order valence-corrected chi connectivity index (χ3v) is 1.54. The molecule has 1 aromatic carbocycles. The zero-order chi connectivity index (χ0) is 8.27. The number of nitrogens with zero attached hydrogens (tertiary/aromatic N) is 1. The molecule has 0 bridgehead atoms. The molecule has 11 heavy (non-hydrogen) atoms. The minimum Gasteiger partial charge on any atom is -0.495 e. The van der Waals surface area contributed by atoms with E-state index in [0.717, 1.165) is 5.56 Å². The molecule has 0 radical (unpaired) electrons. The summed E-state index contributed by atoms with van der Waals surface area (Å²) in [5, 5.41) is 8.64. The maximum atomic E-state index is 8.64. The van der Waals surface area contributed by atoms with E-state index in [2.05, 4.69) is 6.07 Å². The predicted molar refractivity (Wildman–Crippen MR) is 42.4 cm³/mol. The number of ether oxygens (including phenoxy) is 1. The average Bonchev–Trinajstić information content (AvgIpc) is 2.04. The molecule has 0 unspecified atom stereocenters. The Labute approximate surface area is 66.0 Å². The van der Waals surface area contributed by atoms with Gasteiger partial charge in [0.15, 0.2) is 0 Å². The van der Waals surface area contributed by atoms with Gasteiger partial charge in [-0.2, -0.15) is 5.26 Å². The largest absolute Gasteiger partial charge is 0.495 e. The molecule has 2 heteroatoms. The maximum Gasteiger partial charge on any atom is 0.139 e. The van der Waals surface area contributed by atoms with E-state index in [1.807, 2.05) is 19.1 Å². The van der Waals surface area contributed by atoms with Crippen molar-refractivity contribution < 1.29 is 4.74 Å². The van der Waals surface area contributed by atoms with Gasteiger partial charge in [0.05, 0.1) is 12.7 Å². The molecule has 1 aromatic rings. The highest BCUT2D eigenvalue weighted by molar-refractivity contribution is 5.47. The summed E-state index contributed by atoms with van der Waals surface area (Å²) in [6.07, 6.45) is 0. The van der Waals surface area contributed by atoms with Crippen LogP contribution >= 0.6 is 0 Å². The first-order valence-electron chi connectivity index (χ1n) is 3.33. The van der Waals surface area contributed by atoms with Crippen LogP contribution in [0.25, 0.3) is 0 Å². The fourth-order valence-electron chi connectivity index (χ4n) is 1.01. The van der Waals surface area contributed by atoms with E-state index in [0.29, 0.717) is 11.3 Å². The summed E-state index contributed by atoms with van der Waals surface area (Å²) in [4.78, 5) is 0. The minimum absolute atomic E-state index is 0.590. The van der Waals surface area contributed by atoms with E-state index in [1.165, 1.54) is 0 Å². The van der Waals surface area contributed by atoms with Crippen LogP contribution in [0.3, 0.4) is 0 Å². The number of methoxy groups -OCH3 is 1. The first kappa shape index (κ1) is 7.62. The van der Waals surface area contributed by atoms with Crippen molar-refractivity contribution in [3.63, 3.8) is 0 Å². The highest BCUT2D eigenvalue weighted by Gasteiger charge is 2.02. The smallest absolute Gasteiger partial charge is 0.139 e. The van der Waals surface area contributed by atoms with E-state index in [-0.39, 0.29) is 0 Å². The lowest BCUT2D eigenvalue weighted by atomic mass is 10.1. The van der Waals surface area contributed by atoms with Crippen LogP contribution in [-0.4, -0.2) is 7.11 Å². The number of para-hydroxylation sites is 1. The second-order valence-corrected chi connectivity index (χ2v) is 2.27. The van der Waals surface area contributed by atoms with Crippen molar-refractivity contribution in [2.24, 2.45) is 0 Å². The van der Waals surface area contributed by atoms with Gasteiger partial charge in [0.1, 0.15) is 11.8 Å². The Hall–Kier alpha value is -1.49. The van der Waals surface area contributed by atoms with Gasteiger partial charge in [0, 0.05) is 0 Å². The lowest BCUT2D eigenvalue weighted by Gasteiger charge is -2.04. The number of aryl methyl sites for hydroxylation is 1. The normalized spacial score (nSPS) is 8.82. The zero-order valence-corrected chi connectivity index (χ0v) is 6.59. The van der Waals surface area contributed by atoms with Crippen LogP contribution in [0.4, 0.5) is 0 Å². The summed E-state index contributed by atoms with van der Waals surface area (Å²) < 4.78 is 5.04. The molecule has 0 atom stereocenters. The molecule has 0 aliphatic heterocycles. The van der Waals surface area contributed by atoms with E-state index in [4.69, 9.17) is 10.00 Å². The molecule has 0 saturated heterocycles. The molecule has 0 aliphatic carbocycles. The van der Waals surface area contributed by atoms with Crippen LogP contribution in [0.2, 0.25) is 0 Å². The van der Waals surface area contributed by atoms with Crippen molar-refractivity contribution >= 4 is 0 Å². The van der Waals surface area contributed by atoms with Gasteiger partial charge >= 0.3 is 0 Å². The van der Waals surface area contributed by atoms with Gasteiger partial charge in [0.25, 0.3) is 0 Å². The minimum atomic E-state index is 0.590. The third kappa shape index (κ3) is 1.32. The summed E-state index contributed by atoms with van der Waals surface area (Å²) in [7, 11) is 1.57. The maximum absolute atomic E-state index is 8.64. The number of hydrogen-bond donors (Lipinski definition) is 0. The lowest BCUT2D eigenvalue weighted by Crippen LogP contribution is -1.90. The molecule has 0 aromatic heterocycles. The van der Waals surface area contributed by atoms with Crippen LogP contribution in [0, 0.1) is 18.3 Å². The molecule has 2 nitrogen and oxygen atoms in total. The van der Waals surface area contributed by atoms with Crippen molar-refractivity contribution in [3.8, 4) is 11.8 Å². The molecule has 0 spiro atoms.